The van der Waals surface area contributed by atoms with Crippen LogP contribution in [0.5, 0.6) is 0 Å². The van der Waals surface area contributed by atoms with Crippen molar-refractivity contribution in [2.75, 3.05) is 5.32 Å². The molecule has 5 rings (SSSR count). The highest BCUT2D eigenvalue weighted by molar-refractivity contribution is 7.22. The number of amides is 1. The Morgan fingerprint density at radius 2 is 1.91 bits per heavy atom. The summed E-state index contributed by atoms with van der Waals surface area (Å²) in [6.07, 6.45) is 1.75. The van der Waals surface area contributed by atoms with Crippen LogP contribution in [0.15, 0.2) is 60.8 Å². The lowest BCUT2D eigenvalue weighted by atomic mass is 10.2. The van der Waals surface area contributed by atoms with E-state index in [4.69, 9.17) is 16.7 Å². The van der Waals surface area contributed by atoms with E-state index < -0.39 is 17.9 Å². The van der Waals surface area contributed by atoms with Crippen molar-refractivity contribution in [2.24, 2.45) is 0 Å². The molecule has 11 heteroatoms. The van der Waals surface area contributed by atoms with Gasteiger partial charge in [0.15, 0.2) is 16.6 Å². The zero-order valence-corrected chi connectivity index (χ0v) is 19.3. The van der Waals surface area contributed by atoms with Crippen LogP contribution in [0, 0.1) is 0 Å². The Morgan fingerprint density at radius 1 is 1.12 bits per heavy atom. The minimum absolute atomic E-state index is 0.239. The molecule has 34 heavy (non-hydrogen) atoms. The third-order valence-corrected chi connectivity index (χ3v) is 6.31. The van der Waals surface area contributed by atoms with Crippen LogP contribution in [0.2, 0.25) is 5.02 Å². The molecule has 2 aromatic carbocycles. The Morgan fingerprint density at radius 3 is 2.68 bits per heavy atom. The number of hydrogen-bond acceptors (Lipinski definition) is 7. The van der Waals surface area contributed by atoms with Crippen LogP contribution in [0.1, 0.15) is 17.3 Å². The summed E-state index contributed by atoms with van der Waals surface area (Å²) < 4.78 is 2.69. The molecular weight excluding hydrogens is 476 g/mol. The molecule has 0 saturated heterocycles. The number of pyridine rings is 1. The molecule has 170 valence electrons. The van der Waals surface area contributed by atoms with Crippen LogP contribution in [-0.2, 0) is 4.79 Å². The summed E-state index contributed by atoms with van der Waals surface area (Å²) >= 11 is 7.57. The molecule has 0 unspecified atom stereocenters. The minimum Gasteiger partial charge on any atom is -0.480 e. The summed E-state index contributed by atoms with van der Waals surface area (Å²) in [6.45, 7) is 1.40. The fourth-order valence-corrected chi connectivity index (χ4v) is 4.57. The van der Waals surface area contributed by atoms with Crippen LogP contribution >= 0.6 is 22.9 Å². The largest absolute Gasteiger partial charge is 0.480 e. The number of halogens is 1. The van der Waals surface area contributed by atoms with Crippen molar-refractivity contribution in [2.45, 2.75) is 13.0 Å². The number of thiazole rings is 1. The summed E-state index contributed by atoms with van der Waals surface area (Å²) in [5.74, 6) is -1.10. The molecule has 0 saturated carbocycles. The van der Waals surface area contributed by atoms with Crippen molar-refractivity contribution in [1.82, 2.24) is 24.9 Å². The van der Waals surface area contributed by atoms with Crippen molar-refractivity contribution in [3.05, 3.63) is 71.4 Å². The zero-order chi connectivity index (χ0) is 23.8. The van der Waals surface area contributed by atoms with Crippen molar-refractivity contribution < 1.29 is 14.7 Å². The maximum atomic E-state index is 12.5. The highest BCUT2D eigenvalue weighted by Gasteiger charge is 2.20. The van der Waals surface area contributed by atoms with Gasteiger partial charge in [0.25, 0.3) is 5.91 Å². The number of carbonyl (C=O) groups excluding carboxylic acids is 1. The first-order valence-electron chi connectivity index (χ1n) is 10.2. The maximum absolute atomic E-state index is 12.5. The van der Waals surface area contributed by atoms with E-state index >= 15 is 0 Å². The number of aromatic nitrogens is 4. The Bertz CT molecular complexity index is 1550. The lowest BCUT2D eigenvalue weighted by Gasteiger charge is -2.10. The number of rotatable bonds is 6. The Kier molecular flexibility index (Phi) is 5.60. The third-order valence-electron chi connectivity index (χ3n) is 5.14. The van der Waals surface area contributed by atoms with Crippen molar-refractivity contribution in [1.29, 1.82) is 0 Å². The zero-order valence-electron chi connectivity index (χ0n) is 17.7. The van der Waals surface area contributed by atoms with Gasteiger partial charge in [0.2, 0.25) is 0 Å². The minimum atomic E-state index is -1.12. The number of benzene rings is 2. The van der Waals surface area contributed by atoms with Gasteiger partial charge >= 0.3 is 5.97 Å². The number of aliphatic carboxylic acids is 1. The number of anilines is 2. The standard InChI is InChI=1S/C23H17ClN6O3S/c1-12(22(32)33)25-21(31)16-3-2-10-30-19(28-29-20(16)30)13-4-7-15(8-5-13)26-23-27-17-9-6-14(24)11-18(17)34-23/h2-12H,1H3,(H,25,31)(H,26,27)(H,32,33)/t12-/m1/s1. The predicted molar refractivity (Wildman–Crippen MR) is 131 cm³/mol. The van der Waals surface area contributed by atoms with E-state index in [9.17, 15) is 9.59 Å². The highest BCUT2D eigenvalue weighted by atomic mass is 35.5. The quantitative estimate of drug-likeness (QED) is 0.316. The van der Waals surface area contributed by atoms with Gasteiger partial charge < -0.3 is 15.7 Å². The fourth-order valence-electron chi connectivity index (χ4n) is 3.40. The SMILES string of the molecule is C[C@@H](NC(=O)c1cccn2c(-c3ccc(Nc4nc5ccc(Cl)cc5s4)cc3)nnc12)C(=O)O. The van der Waals surface area contributed by atoms with E-state index in [1.54, 1.807) is 22.7 Å². The fraction of sp³-hybridized carbons (Fsp3) is 0.0870. The molecule has 0 bridgehead atoms. The normalized spacial score (nSPS) is 12.1. The van der Waals surface area contributed by atoms with E-state index in [-0.39, 0.29) is 5.56 Å². The van der Waals surface area contributed by atoms with Gasteiger partial charge in [-0.15, -0.1) is 10.2 Å². The number of nitrogens with zero attached hydrogens (tertiary/aromatic N) is 4. The number of hydrogen-bond donors (Lipinski definition) is 3. The smallest absolute Gasteiger partial charge is 0.325 e. The topological polar surface area (TPSA) is 122 Å². The lowest BCUT2D eigenvalue weighted by molar-refractivity contribution is -0.138. The van der Waals surface area contributed by atoms with Crippen molar-refractivity contribution >= 4 is 61.5 Å². The molecule has 0 spiro atoms. The van der Waals surface area contributed by atoms with Gasteiger partial charge in [-0.3, -0.25) is 14.0 Å². The molecule has 0 radical (unpaired) electrons. The molecule has 3 N–H and O–H groups in total. The summed E-state index contributed by atoms with van der Waals surface area (Å²) in [6, 6.07) is 15.4. The summed E-state index contributed by atoms with van der Waals surface area (Å²) in [7, 11) is 0. The molecule has 0 aliphatic heterocycles. The second kappa shape index (κ2) is 8.73. The Labute approximate surface area is 202 Å². The number of fused-ring (bicyclic) bond motifs is 2. The lowest BCUT2D eigenvalue weighted by Crippen LogP contribution is -2.38. The maximum Gasteiger partial charge on any atom is 0.325 e. The van der Waals surface area contributed by atoms with Gasteiger partial charge in [0.1, 0.15) is 6.04 Å². The van der Waals surface area contributed by atoms with Crippen LogP contribution in [-0.4, -0.2) is 42.6 Å². The molecule has 0 fully saturated rings. The number of carboxylic acid groups (broad SMARTS) is 1. The van der Waals surface area contributed by atoms with Gasteiger partial charge in [-0.1, -0.05) is 22.9 Å². The second-order valence-electron chi connectivity index (χ2n) is 7.51. The first-order chi connectivity index (χ1) is 16.4. The average molecular weight is 493 g/mol. The average Bonchev–Trinajstić information content (AvgIpc) is 3.42. The van der Waals surface area contributed by atoms with E-state index in [1.807, 2.05) is 42.5 Å². The van der Waals surface area contributed by atoms with Crippen molar-refractivity contribution in [3.8, 4) is 11.4 Å². The molecular formula is C23H17ClN6O3S. The van der Waals surface area contributed by atoms with Crippen LogP contribution in [0.25, 0.3) is 27.3 Å². The summed E-state index contributed by atoms with van der Waals surface area (Å²) in [5, 5.41) is 24.6. The first-order valence-corrected chi connectivity index (χ1v) is 11.4. The number of nitrogens with one attached hydrogen (secondary N) is 2. The van der Waals surface area contributed by atoms with Crippen LogP contribution in [0.4, 0.5) is 10.8 Å². The van der Waals surface area contributed by atoms with Crippen LogP contribution < -0.4 is 10.6 Å². The first kappa shape index (κ1) is 21.8. The van der Waals surface area contributed by atoms with Crippen LogP contribution in [0.3, 0.4) is 0 Å². The van der Waals surface area contributed by atoms with E-state index in [1.165, 1.54) is 18.3 Å². The highest BCUT2D eigenvalue weighted by Crippen LogP contribution is 2.31. The molecule has 0 aliphatic carbocycles. The molecule has 1 atom stereocenters. The third kappa shape index (κ3) is 4.16. The molecule has 0 aliphatic rings. The molecule has 3 aromatic heterocycles. The van der Waals surface area contributed by atoms with E-state index in [2.05, 4.69) is 25.8 Å². The van der Waals surface area contributed by atoms with Gasteiger partial charge in [0.05, 0.1) is 15.8 Å². The molecule has 9 nitrogen and oxygen atoms in total. The monoisotopic (exact) mass is 492 g/mol. The van der Waals surface area contributed by atoms with E-state index in [0.717, 1.165) is 26.6 Å². The number of carboxylic acids is 1. The summed E-state index contributed by atoms with van der Waals surface area (Å²) in [5.41, 5.74) is 3.10. The second-order valence-corrected chi connectivity index (χ2v) is 8.97. The van der Waals surface area contributed by atoms with Gasteiger partial charge in [0, 0.05) is 22.5 Å². The molecule has 5 aromatic rings. The Hall–Kier alpha value is -4.02. The Balaban J connectivity index is 1.39. The van der Waals surface area contributed by atoms with Gasteiger partial charge in [-0.2, -0.15) is 0 Å². The summed E-state index contributed by atoms with van der Waals surface area (Å²) in [4.78, 5) is 28.2. The number of carbonyl (C=O) groups is 2. The molecule has 3 heterocycles. The predicted octanol–water partition coefficient (Wildman–Crippen LogP) is 4.61. The van der Waals surface area contributed by atoms with Gasteiger partial charge in [-0.25, -0.2) is 4.98 Å². The van der Waals surface area contributed by atoms with Crippen molar-refractivity contribution in [3.63, 3.8) is 0 Å². The van der Waals surface area contributed by atoms with Gasteiger partial charge in [-0.05, 0) is 61.5 Å². The molecule has 1 amide bonds. The van der Waals surface area contributed by atoms with E-state index in [0.29, 0.717) is 16.5 Å².